The zero-order valence-electron chi connectivity index (χ0n) is 32.8. The average molecular weight is 1010 g/mol. The minimum absolute atomic E-state index is 0. The fraction of sp³-hybridized carbons (Fsp3) is 0.0769. The zero-order chi connectivity index (χ0) is 39.4. The van der Waals surface area contributed by atoms with Crippen molar-refractivity contribution in [3.05, 3.63) is 189 Å². The molecule has 5 nitrogen and oxygen atoms in total. The van der Waals surface area contributed by atoms with Crippen LogP contribution in [0, 0.1) is 19.2 Å². The Morgan fingerprint density at radius 3 is 2.08 bits per heavy atom. The van der Waals surface area contributed by atoms with Crippen molar-refractivity contribution in [1.82, 2.24) is 9.55 Å². The number of benzene rings is 7. The van der Waals surface area contributed by atoms with Gasteiger partial charge in [-0.25, -0.2) is 0 Å². The third-order valence-corrected chi connectivity index (χ3v) is 13.0. The van der Waals surface area contributed by atoms with Gasteiger partial charge in [-0.3, -0.25) is 0 Å². The second kappa shape index (κ2) is 15.7. The molecule has 7 heteroatoms. The van der Waals surface area contributed by atoms with Gasteiger partial charge in [0.05, 0.1) is 0 Å². The summed E-state index contributed by atoms with van der Waals surface area (Å²) in [7, 11) is 4.68. The molecule has 0 radical (unpaired) electrons. The van der Waals surface area contributed by atoms with E-state index in [1.165, 1.54) is 24.9 Å². The first-order chi connectivity index (χ1) is 28.3. The van der Waals surface area contributed by atoms with Crippen LogP contribution in [0.15, 0.2) is 164 Å². The molecule has 0 aliphatic carbocycles. The molecule has 0 saturated carbocycles. The predicted octanol–water partition coefficient (Wildman–Crippen LogP) is 13.5. The van der Waals surface area contributed by atoms with Gasteiger partial charge in [-0.1, -0.05) is 78.9 Å². The van der Waals surface area contributed by atoms with E-state index >= 15 is 0 Å². The van der Waals surface area contributed by atoms with Gasteiger partial charge in [0.2, 0.25) is 0 Å². The fourth-order valence-corrected chi connectivity index (χ4v) is 10.3. The van der Waals surface area contributed by atoms with E-state index in [0.717, 1.165) is 61.9 Å². The molecule has 0 fully saturated rings. The van der Waals surface area contributed by atoms with E-state index in [-0.39, 0.29) is 41.0 Å². The molecule has 7 aromatic carbocycles. The van der Waals surface area contributed by atoms with Gasteiger partial charge in [-0.15, -0.1) is 0 Å². The molecule has 0 spiro atoms. The Bertz CT molecular complexity index is 3020. The molecule has 10 aromatic rings. The van der Waals surface area contributed by atoms with Crippen molar-refractivity contribution in [3.8, 4) is 39.6 Å². The molecular formula is C52H39N4OPtSe-3. The number of aromatic nitrogens is 2. The third-order valence-electron chi connectivity index (χ3n) is 10.7. The normalized spacial score (nSPS) is 11.6. The second-order valence-electron chi connectivity index (χ2n) is 15.5. The van der Waals surface area contributed by atoms with Gasteiger partial charge in [0.15, 0.2) is 0 Å². The topological polar surface area (TPSA) is 42.3 Å². The molecular weight excluding hydrogens is 971 g/mol. The minimum atomic E-state index is -0.00990. The van der Waals surface area contributed by atoms with E-state index in [0.29, 0.717) is 11.5 Å². The molecule has 10 rings (SSSR count). The predicted molar refractivity (Wildman–Crippen MR) is 242 cm³/mol. The van der Waals surface area contributed by atoms with Crippen molar-refractivity contribution >= 4 is 67.6 Å². The number of nitrogens with one attached hydrogen (secondary N) is 1. The van der Waals surface area contributed by atoms with Crippen LogP contribution < -0.4 is 15.0 Å². The summed E-state index contributed by atoms with van der Waals surface area (Å²) in [6, 6.07) is 61.9. The second-order valence-corrected chi connectivity index (χ2v) is 17.8. The van der Waals surface area contributed by atoms with Gasteiger partial charge < -0.3 is 0 Å². The van der Waals surface area contributed by atoms with Crippen LogP contribution in [-0.4, -0.2) is 24.1 Å². The van der Waals surface area contributed by atoms with Crippen molar-refractivity contribution in [2.45, 2.75) is 26.2 Å². The van der Waals surface area contributed by atoms with Gasteiger partial charge in [-0.05, 0) is 11.1 Å². The van der Waals surface area contributed by atoms with Crippen molar-refractivity contribution in [2.75, 3.05) is 10.2 Å². The molecule has 0 unspecified atom stereocenters. The standard InChI is InChI=1S/C52H39N4OSe.Pt/c1-52(2,3)36-28-29-53-48(30-36)56-44-26-15-27-46-49(44)50-45(56)32-39(33-47(50)58-46)57-38-21-13-20-37(31-38)54-42-24-11-12-25-43(42)55(4)51-40(34-16-7-5-8-17-34)22-14-23-41(51)35-18-9-6-10-19-35;/h5-30,33,54H,4H2,1-3H3;/q-3;. The van der Waals surface area contributed by atoms with Gasteiger partial charge in [0.1, 0.15) is 0 Å². The van der Waals surface area contributed by atoms with Crippen molar-refractivity contribution in [2.24, 2.45) is 0 Å². The summed E-state index contributed by atoms with van der Waals surface area (Å²) < 4.78 is 11.5. The molecule has 292 valence electrons. The van der Waals surface area contributed by atoms with E-state index < -0.39 is 0 Å². The first-order valence-electron chi connectivity index (χ1n) is 19.4. The van der Waals surface area contributed by atoms with Gasteiger partial charge in [-0.2, -0.15) is 0 Å². The number of rotatable bonds is 9. The van der Waals surface area contributed by atoms with Gasteiger partial charge >= 0.3 is 245 Å². The van der Waals surface area contributed by atoms with Crippen LogP contribution in [0.1, 0.15) is 26.3 Å². The molecule has 59 heavy (non-hydrogen) atoms. The van der Waals surface area contributed by atoms with E-state index in [1.54, 1.807) is 0 Å². The number of nitrogens with zero attached hydrogens (tertiary/aromatic N) is 3. The van der Waals surface area contributed by atoms with Gasteiger partial charge in [0, 0.05) is 32.2 Å². The fourth-order valence-electron chi connectivity index (χ4n) is 7.91. The van der Waals surface area contributed by atoms with Gasteiger partial charge in [0.25, 0.3) is 0 Å². The number of hydrogen-bond acceptors (Lipinski definition) is 4. The Morgan fingerprint density at radius 2 is 1.36 bits per heavy atom. The maximum atomic E-state index is 6.64. The molecule has 0 aliphatic rings. The molecule has 0 atom stereocenters. The van der Waals surface area contributed by atoms with Crippen LogP contribution >= 0.6 is 0 Å². The SMILES string of the molecule is [CH2-]N(c1ccccc1Nc1[c-]c(Oc2[c-]c3c4c(c2)[se]c2cccc(c24)n3-c2cc(C(C)(C)C)ccn2)ccc1)c1c(-c2ccccc2)cccc1-c1ccccc1.[Pt]. The summed E-state index contributed by atoms with van der Waals surface area (Å²) in [5, 5.41) is 6.20. The Hall–Kier alpha value is -5.90. The molecule has 0 aliphatic heterocycles. The Kier molecular flexibility index (Phi) is 10.3. The van der Waals surface area contributed by atoms with E-state index in [1.807, 2.05) is 53.6 Å². The summed E-state index contributed by atoms with van der Waals surface area (Å²) in [5.41, 5.74) is 11.4. The summed E-state index contributed by atoms with van der Waals surface area (Å²) in [4.78, 5) is 6.91. The van der Waals surface area contributed by atoms with Crippen LogP contribution in [0.5, 0.6) is 11.5 Å². The minimum Gasteiger partial charge on any atom is -0.0622 e. The van der Waals surface area contributed by atoms with E-state index in [9.17, 15) is 0 Å². The average Bonchev–Trinajstić information content (AvgIpc) is 3.80. The molecule has 0 amide bonds. The van der Waals surface area contributed by atoms with Crippen LogP contribution in [0.4, 0.5) is 22.7 Å². The number of ether oxygens (including phenoxy) is 1. The number of para-hydroxylation sites is 3. The monoisotopic (exact) mass is 1010 g/mol. The van der Waals surface area contributed by atoms with Crippen LogP contribution in [0.2, 0.25) is 0 Å². The van der Waals surface area contributed by atoms with E-state index in [2.05, 4.69) is 165 Å². The molecule has 3 heterocycles. The smallest absolute Gasteiger partial charge is 0.0622 e. The summed E-state index contributed by atoms with van der Waals surface area (Å²) in [5.74, 6) is 2.14. The quantitative estimate of drug-likeness (QED) is 0.116. The van der Waals surface area contributed by atoms with Crippen molar-refractivity contribution < 1.29 is 25.8 Å². The molecule has 3 aromatic heterocycles. The molecule has 0 bridgehead atoms. The van der Waals surface area contributed by atoms with Crippen molar-refractivity contribution in [3.63, 3.8) is 0 Å². The molecule has 1 N–H and O–H groups in total. The summed E-state index contributed by atoms with van der Waals surface area (Å²) in [6.45, 7) is 6.70. The first-order valence-corrected chi connectivity index (χ1v) is 21.1. The van der Waals surface area contributed by atoms with Crippen LogP contribution in [0.25, 0.3) is 58.4 Å². The number of pyridine rings is 1. The summed E-state index contributed by atoms with van der Waals surface area (Å²) in [6.07, 6.45) is 1.91. The number of hydrogen-bond donors (Lipinski definition) is 1. The maximum absolute atomic E-state index is 6.64. The number of anilines is 4. The Labute approximate surface area is 365 Å². The van der Waals surface area contributed by atoms with Crippen molar-refractivity contribution in [1.29, 1.82) is 0 Å². The Balaban J connectivity index is 0.00000449. The first kappa shape index (κ1) is 38.6. The molecule has 0 saturated heterocycles. The Morgan fingerprint density at radius 1 is 0.678 bits per heavy atom. The van der Waals surface area contributed by atoms with E-state index in [4.69, 9.17) is 9.72 Å². The third kappa shape index (κ3) is 7.16. The van der Waals surface area contributed by atoms with Crippen LogP contribution in [0.3, 0.4) is 0 Å². The zero-order valence-corrected chi connectivity index (χ0v) is 36.8. The summed E-state index contributed by atoms with van der Waals surface area (Å²) >= 11 is 0.159. The van der Waals surface area contributed by atoms with Crippen LogP contribution in [-0.2, 0) is 26.5 Å².